The van der Waals surface area contributed by atoms with Gasteiger partial charge in [0.1, 0.15) is 5.78 Å². The molecule has 2 aliphatic rings. The van der Waals surface area contributed by atoms with Crippen LogP contribution in [0.15, 0.2) is 22.4 Å². The van der Waals surface area contributed by atoms with Crippen molar-refractivity contribution in [2.75, 3.05) is 0 Å². The molecule has 1 atom stereocenters. The Morgan fingerprint density at radius 1 is 1.21 bits per heavy atom. The summed E-state index contributed by atoms with van der Waals surface area (Å²) in [6.07, 6.45) is 6.36. The molecular weight excluding hydrogens is 252 g/mol. The highest BCUT2D eigenvalue weighted by Gasteiger charge is 2.31. The molecule has 0 spiro atoms. The molecule has 0 N–H and O–H groups in total. The van der Waals surface area contributed by atoms with Gasteiger partial charge in [-0.2, -0.15) is 0 Å². The molecule has 0 bridgehead atoms. The summed E-state index contributed by atoms with van der Waals surface area (Å²) in [4.78, 5) is 23.8. The molecule has 0 amide bonds. The van der Waals surface area contributed by atoms with Gasteiger partial charge in [-0.1, -0.05) is 30.9 Å². The lowest BCUT2D eigenvalue weighted by atomic mass is 9.90. The van der Waals surface area contributed by atoms with Crippen LogP contribution in [0.2, 0.25) is 19.6 Å². The molecule has 0 aromatic carbocycles. The first-order chi connectivity index (χ1) is 8.79. The molecule has 0 saturated carbocycles. The molecule has 2 nitrogen and oxygen atoms in total. The van der Waals surface area contributed by atoms with Crippen LogP contribution in [0, 0.1) is 5.92 Å². The Labute approximate surface area is 117 Å². The molecule has 19 heavy (non-hydrogen) atoms. The quantitative estimate of drug-likeness (QED) is 0.718. The number of hydrogen-bond acceptors (Lipinski definition) is 2. The van der Waals surface area contributed by atoms with Crippen LogP contribution in [0.1, 0.15) is 39.0 Å². The van der Waals surface area contributed by atoms with E-state index in [9.17, 15) is 9.59 Å². The zero-order valence-electron chi connectivity index (χ0n) is 12.5. The number of carbonyl (C=O) groups is 2. The first-order valence-electron chi connectivity index (χ1n) is 7.25. The summed E-state index contributed by atoms with van der Waals surface area (Å²) in [5.41, 5.74) is 2.17. The Balaban J connectivity index is 2.49. The van der Waals surface area contributed by atoms with Gasteiger partial charge in [0.15, 0.2) is 5.78 Å². The minimum absolute atomic E-state index is 0.191. The molecule has 0 aromatic rings. The fraction of sp³-hybridized carbons (Fsp3) is 0.625. The predicted molar refractivity (Wildman–Crippen MR) is 80.7 cm³/mol. The summed E-state index contributed by atoms with van der Waals surface area (Å²) in [6, 6.07) is 0. The second-order valence-corrected chi connectivity index (χ2v) is 12.0. The van der Waals surface area contributed by atoms with Crippen molar-refractivity contribution < 1.29 is 9.59 Å². The van der Waals surface area contributed by atoms with E-state index in [0.29, 0.717) is 24.5 Å². The number of fused-ring (bicyclic) bond motifs is 1. The second kappa shape index (κ2) is 5.20. The van der Waals surface area contributed by atoms with Gasteiger partial charge in [0, 0.05) is 12.8 Å². The largest absolute Gasteiger partial charge is 0.300 e. The van der Waals surface area contributed by atoms with E-state index in [4.69, 9.17) is 0 Å². The highest BCUT2D eigenvalue weighted by atomic mass is 28.3. The number of ketones is 2. The third-order valence-electron chi connectivity index (χ3n) is 4.40. The Hall–Kier alpha value is -0.963. The van der Waals surface area contributed by atoms with Crippen LogP contribution in [0.25, 0.3) is 0 Å². The maximum Gasteiger partial charge on any atom is 0.156 e. The van der Waals surface area contributed by atoms with Crippen LogP contribution in [-0.4, -0.2) is 19.6 Å². The number of hydrogen-bond donors (Lipinski definition) is 0. The number of carbonyl (C=O) groups excluding carboxylic acids is 2. The fourth-order valence-corrected chi connectivity index (χ4v) is 4.63. The maximum atomic E-state index is 12.0. The van der Waals surface area contributed by atoms with Crippen molar-refractivity contribution in [1.29, 1.82) is 0 Å². The Kier molecular flexibility index (Phi) is 3.95. The van der Waals surface area contributed by atoms with Crippen molar-refractivity contribution in [3.8, 4) is 0 Å². The van der Waals surface area contributed by atoms with Crippen LogP contribution >= 0.6 is 0 Å². The summed E-state index contributed by atoms with van der Waals surface area (Å²) in [6.45, 7) is 8.63. The highest BCUT2D eigenvalue weighted by Crippen LogP contribution is 2.39. The van der Waals surface area contributed by atoms with E-state index in [-0.39, 0.29) is 5.78 Å². The monoisotopic (exact) mass is 276 g/mol. The van der Waals surface area contributed by atoms with Crippen molar-refractivity contribution in [2.45, 2.75) is 58.7 Å². The normalized spacial score (nSPS) is 27.5. The van der Waals surface area contributed by atoms with E-state index < -0.39 is 8.07 Å². The van der Waals surface area contributed by atoms with Crippen LogP contribution in [0.5, 0.6) is 0 Å². The molecule has 2 aliphatic carbocycles. The fourth-order valence-electron chi connectivity index (χ4n) is 3.16. The van der Waals surface area contributed by atoms with Crippen molar-refractivity contribution in [3.63, 3.8) is 0 Å². The molecule has 2 rings (SSSR count). The molecule has 0 heterocycles. The van der Waals surface area contributed by atoms with Gasteiger partial charge in [0.05, 0.1) is 8.07 Å². The van der Waals surface area contributed by atoms with Gasteiger partial charge in [-0.25, -0.2) is 0 Å². The van der Waals surface area contributed by atoms with Gasteiger partial charge >= 0.3 is 0 Å². The van der Waals surface area contributed by atoms with Gasteiger partial charge in [-0.3, -0.25) is 9.59 Å². The van der Waals surface area contributed by atoms with Crippen LogP contribution in [0.3, 0.4) is 0 Å². The summed E-state index contributed by atoms with van der Waals surface area (Å²) >= 11 is 0. The highest BCUT2D eigenvalue weighted by molar-refractivity contribution is 6.83. The van der Waals surface area contributed by atoms with Gasteiger partial charge in [0.25, 0.3) is 0 Å². The standard InChI is InChI=1S/C16H24O2Si/c1-11(17)15-8-5-12-9-13(18)6-7-14(10-16(12)15)19(2,3)4/h10,12H,5-9H2,1-4H3/b14-10+/t12-/m1/s1. The Morgan fingerprint density at radius 2 is 1.89 bits per heavy atom. The average Bonchev–Trinajstić information content (AvgIpc) is 2.62. The summed E-state index contributed by atoms with van der Waals surface area (Å²) < 4.78 is 0. The van der Waals surface area contributed by atoms with Crippen LogP contribution in [0.4, 0.5) is 0 Å². The first kappa shape index (κ1) is 14.4. The third-order valence-corrected chi connectivity index (χ3v) is 6.72. The first-order valence-corrected chi connectivity index (χ1v) is 10.8. The average molecular weight is 276 g/mol. The minimum atomic E-state index is -1.40. The van der Waals surface area contributed by atoms with E-state index in [2.05, 4.69) is 25.7 Å². The van der Waals surface area contributed by atoms with Gasteiger partial charge in [-0.05, 0) is 43.3 Å². The van der Waals surface area contributed by atoms with E-state index in [1.54, 1.807) is 6.92 Å². The van der Waals surface area contributed by atoms with E-state index >= 15 is 0 Å². The smallest absolute Gasteiger partial charge is 0.156 e. The molecular formula is C16H24O2Si. The lowest BCUT2D eigenvalue weighted by molar-refractivity contribution is -0.119. The molecule has 0 aromatic heterocycles. The number of allylic oxidation sites excluding steroid dienone is 4. The topological polar surface area (TPSA) is 34.1 Å². The minimum Gasteiger partial charge on any atom is -0.300 e. The number of Topliss-reactive ketones (excluding diaryl/α,β-unsaturated/α-hetero) is 2. The zero-order chi connectivity index (χ0) is 14.2. The maximum absolute atomic E-state index is 12.0. The second-order valence-electron chi connectivity index (χ2n) is 6.89. The van der Waals surface area contributed by atoms with Gasteiger partial charge in [0.2, 0.25) is 0 Å². The van der Waals surface area contributed by atoms with Crippen molar-refractivity contribution in [3.05, 3.63) is 22.4 Å². The van der Waals surface area contributed by atoms with E-state index in [1.165, 1.54) is 10.8 Å². The van der Waals surface area contributed by atoms with Crippen molar-refractivity contribution in [2.24, 2.45) is 5.92 Å². The zero-order valence-corrected chi connectivity index (χ0v) is 13.5. The van der Waals surface area contributed by atoms with E-state index in [1.807, 2.05) is 0 Å². The van der Waals surface area contributed by atoms with Crippen molar-refractivity contribution in [1.82, 2.24) is 0 Å². The summed E-state index contributed by atoms with van der Waals surface area (Å²) in [7, 11) is -1.40. The van der Waals surface area contributed by atoms with Crippen LogP contribution in [-0.2, 0) is 9.59 Å². The van der Waals surface area contributed by atoms with E-state index in [0.717, 1.165) is 24.8 Å². The van der Waals surface area contributed by atoms with Gasteiger partial charge in [-0.15, -0.1) is 0 Å². The lowest BCUT2D eigenvalue weighted by Gasteiger charge is -2.25. The summed E-state index contributed by atoms with van der Waals surface area (Å²) in [5.74, 6) is 0.867. The molecule has 104 valence electrons. The Bertz CT molecular complexity index is 477. The molecule has 0 unspecified atom stereocenters. The molecule has 0 fully saturated rings. The summed E-state index contributed by atoms with van der Waals surface area (Å²) in [5, 5.41) is 1.45. The van der Waals surface area contributed by atoms with Crippen molar-refractivity contribution >= 4 is 19.6 Å². The number of rotatable bonds is 2. The van der Waals surface area contributed by atoms with Crippen LogP contribution < -0.4 is 0 Å². The lowest BCUT2D eigenvalue weighted by Crippen LogP contribution is -2.26. The molecule has 0 aliphatic heterocycles. The molecule has 0 radical (unpaired) electrons. The van der Waals surface area contributed by atoms with Gasteiger partial charge < -0.3 is 0 Å². The predicted octanol–water partition coefficient (Wildman–Crippen LogP) is 3.84. The Morgan fingerprint density at radius 3 is 2.47 bits per heavy atom. The molecule has 3 heteroatoms. The molecule has 0 saturated heterocycles. The SMILES string of the molecule is CC(=O)C1=C2/C=C(/[Si](C)(C)C)CCC(=O)C[C@H]2CC1. The third kappa shape index (κ3) is 3.14.